The zero-order valence-electron chi connectivity index (χ0n) is 15.6. The maximum absolute atomic E-state index is 13.9. The average molecular weight is 378 g/mol. The number of para-hydroxylation sites is 1. The van der Waals surface area contributed by atoms with Crippen molar-refractivity contribution in [1.29, 1.82) is 0 Å². The lowest BCUT2D eigenvalue weighted by molar-refractivity contribution is -0.0210. The van der Waals surface area contributed by atoms with Gasteiger partial charge >= 0.3 is 0 Å². The Balaban J connectivity index is 1.63. The Morgan fingerprint density at radius 3 is 2.75 bits per heavy atom. The fourth-order valence-electron chi connectivity index (χ4n) is 3.86. The lowest BCUT2D eigenvalue weighted by atomic mass is 9.97. The highest BCUT2D eigenvalue weighted by atomic mass is 19.1. The summed E-state index contributed by atoms with van der Waals surface area (Å²) in [6, 6.07) is 16.0. The third-order valence-electron chi connectivity index (χ3n) is 5.16. The second kappa shape index (κ2) is 6.41. The first kappa shape index (κ1) is 16.9. The van der Waals surface area contributed by atoms with Crippen molar-refractivity contribution in [2.45, 2.75) is 25.6 Å². The van der Waals surface area contributed by atoms with Gasteiger partial charge in [-0.05, 0) is 37.3 Å². The predicted molar refractivity (Wildman–Crippen MR) is 102 cm³/mol. The summed E-state index contributed by atoms with van der Waals surface area (Å²) in [5, 5.41) is 6.70. The Labute approximate surface area is 162 Å². The van der Waals surface area contributed by atoms with E-state index in [1.165, 1.54) is 12.1 Å². The van der Waals surface area contributed by atoms with Gasteiger partial charge in [0.1, 0.15) is 23.0 Å². The van der Waals surface area contributed by atoms with E-state index in [1.54, 1.807) is 13.2 Å². The predicted octanol–water partition coefficient (Wildman–Crippen LogP) is 4.98. The molecule has 6 heteroatoms. The number of nitrogens with zero attached hydrogens (tertiary/aromatic N) is 2. The second-order valence-corrected chi connectivity index (χ2v) is 6.96. The largest absolute Gasteiger partial charge is 0.493 e. The fourth-order valence-corrected chi connectivity index (χ4v) is 3.86. The Bertz CT molecular complexity index is 1080. The molecule has 28 heavy (non-hydrogen) atoms. The molecule has 0 saturated carbocycles. The molecule has 0 fully saturated rings. The van der Waals surface area contributed by atoms with Crippen LogP contribution in [0.2, 0.25) is 0 Å². The SMILES string of the molecule is COc1cccc2c1O[C@@H](c1cccc(F)c1)N1N=C(c3ccc(C)o3)C[C@@H]21. The maximum Gasteiger partial charge on any atom is 0.214 e. The summed E-state index contributed by atoms with van der Waals surface area (Å²) < 4.78 is 31.5. The van der Waals surface area contributed by atoms with Gasteiger partial charge in [-0.1, -0.05) is 24.3 Å². The van der Waals surface area contributed by atoms with Crippen LogP contribution in [-0.2, 0) is 0 Å². The minimum absolute atomic E-state index is 0.0486. The quantitative estimate of drug-likeness (QED) is 0.645. The molecule has 2 aliphatic rings. The summed E-state index contributed by atoms with van der Waals surface area (Å²) >= 11 is 0. The van der Waals surface area contributed by atoms with Crippen molar-refractivity contribution >= 4 is 5.71 Å². The topological polar surface area (TPSA) is 47.2 Å². The number of hydrazone groups is 1. The van der Waals surface area contributed by atoms with Crippen molar-refractivity contribution in [3.8, 4) is 11.5 Å². The smallest absolute Gasteiger partial charge is 0.214 e. The van der Waals surface area contributed by atoms with Crippen LogP contribution in [0, 0.1) is 12.7 Å². The summed E-state index contributed by atoms with van der Waals surface area (Å²) in [5.41, 5.74) is 2.54. The molecule has 142 valence electrons. The molecule has 2 aliphatic heterocycles. The number of methoxy groups -OCH3 is 1. The van der Waals surface area contributed by atoms with E-state index in [-0.39, 0.29) is 11.9 Å². The first-order valence-electron chi connectivity index (χ1n) is 9.15. The van der Waals surface area contributed by atoms with Crippen molar-refractivity contribution in [3.63, 3.8) is 0 Å². The van der Waals surface area contributed by atoms with Crippen molar-refractivity contribution in [3.05, 3.63) is 83.1 Å². The van der Waals surface area contributed by atoms with E-state index < -0.39 is 6.23 Å². The standard InChI is InChI=1S/C22H19FN2O3/c1-13-9-10-19(27-13)17-12-18-16-7-4-8-20(26-2)21(16)28-22(25(18)24-17)14-5-3-6-15(23)11-14/h3-11,18,22H,12H2,1-2H3/t18-,22-/m0/s1. The van der Waals surface area contributed by atoms with E-state index >= 15 is 0 Å². The molecule has 3 heterocycles. The van der Waals surface area contributed by atoms with Crippen molar-refractivity contribution in [2.24, 2.45) is 5.10 Å². The summed E-state index contributed by atoms with van der Waals surface area (Å²) in [6.45, 7) is 1.91. The Kier molecular flexibility index (Phi) is 3.86. The van der Waals surface area contributed by atoms with Crippen LogP contribution in [0.15, 0.2) is 64.1 Å². The van der Waals surface area contributed by atoms with Crippen LogP contribution >= 0.6 is 0 Å². The Morgan fingerprint density at radius 2 is 2.00 bits per heavy atom. The van der Waals surface area contributed by atoms with Crippen LogP contribution in [0.3, 0.4) is 0 Å². The number of benzene rings is 2. The van der Waals surface area contributed by atoms with Crippen molar-refractivity contribution in [1.82, 2.24) is 5.01 Å². The van der Waals surface area contributed by atoms with Crippen LogP contribution in [-0.4, -0.2) is 17.8 Å². The van der Waals surface area contributed by atoms with Gasteiger partial charge in [-0.25, -0.2) is 9.40 Å². The summed E-state index contributed by atoms with van der Waals surface area (Å²) in [7, 11) is 1.62. The normalized spacial score (nSPS) is 20.2. The van der Waals surface area contributed by atoms with Gasteiger partial charge in [0.05, 0.1) is 13.2 Å². The van der Waals surface area contributed by atoms with Crippen LogP contribution in [0.4, 0.5) is 4.39 Å². The molecule has 0 N–H and O–H groups in total. The van der Waals surface area contributed by atoms with E-state index in [9.17, 15) is 4.39 Å². The lowest BCUT2D eigenvalue weighted by Gasteiger charge is -2.38. The Morgan fingerprint density at radius 1 is 1.14 bits per heavy atom. The molecule has 0 aliphatic carbocycles. The summed E-state index contributed by atoms with van der Waals surface area (Å²) in [5.74, 6) is 2.60. The van der Waals surface area contributed by atoms with Crippen LogP contribution in [0.1, 0.15) is 41.3 Å². The number of fused-ring (bicyclic) bond motifs is 3. The summed E-state index contributed by atoms with van der Waals surface area (Å²) in [4.78, 5) is 0. The molecular weight excluding hydrogens is 359 g/mol. The number of rotatable bonds is 3. The average Bonchev–Trinajstić information content (AvgIpc) is 3.33. The second-order valence-electron chi connectivity index (χ2n) is 6.96. The highest BCUT2D eigenvalue weighted by molar-refractivity contribution is 5.99. The number of halogens is 1. The molecule has 3 aromatic rings. The molecule has 2 aromatic carbocycles. The van der Waals surface area contributed by atoms with E-state index in [0.29, 0.717) is 23.5 Å². The molecule has 0 saturated heterocycles. The summed E-state index contributed by atoms with van der Waals surface area (Å²) in [6.07, 6.45) is 0.112. The molecule has 0 radical (unpaired) electrons. The highest BCUT2D eigenvalue weighted by Gasteiger charge is 2.42. The Hall–Kier alpha value is -3.28. The van der Waals surface area contributed by atoms with Gasteiger partial charge in [0.15, 0.2) is 11.5 Å². The zero-order valence-corrected chi connectivity index (χ0v) is 15.6. The van der Waals surface area contributed by atoms with Gasteiger partial charge in [-0.2, -0.15) is 5.10 Å². The van der Waals surface area contributed by atoms with E-state index in [4.69, 9.17) is 19.0 Å². The number of hydrogen-bond donors (Lipinski definition) is 0. The zero-order chi connectivity index (χ0) is 19.3. The molecule has 5 rings (SSSR count). The van der Waals surface area contributed by atoms with Crippen LogP contribution < -0.4 is 9.47 Å². The first-order chi connectivity index (χ1) is 13.6. The number of ether oxygens (including phenoxy) is 2. The maximum atomic E-state index is 13.9. The third kappa shape index (κ3) is 2.64. The molecule has 0 unspecified atom stereocenters. The monoisotopic (exact) mass is 378 g/mol. The van der Waals surface area contributed by atoms with Gasteiger partial charge in [-0.3, -0.25) is 0 Å². The van der Waals surface area contributed by atoms with Gasteiger partial charge in [-0.15, -0.1) is 0 Å². The fraction of sp³-hybridized carbons (Fsp3) is 0.227. The number of hydrogen-bond acceptors (Lipinski definition) is 5. The van der Waals surface area contributed by atoms with Crippen LogP contribution in [0.5, 0.6) is 11.5 Å². The minimum atomic E-state index is -0.557. The van der Waals surface area contributed by atoms with Crippen molar-refractivity contribution < 1.29 is 18.3 Å². The third-order valence-corrected chi connectivity index (χ3v) is 5.16. The molecule has 2 atom stereocenters. The first-order valence-corrected chi connectivity index (χ1v) is 9.15. The van der Waals surface area contributed by atoms with Gasteiger partial charge in [0.2, 0.25) is 6.23 Å². The molecule has 5 nitrogen and oxygen atoms in total. The molecule has 1 aromatic heterocycles. The van der Waals surface area contributed by atoms with E-state index in [0.717, 1.165) is 22.8 Å². The number of aryl methyl sites for hydroxylation is 1. The minimum Gasteiger partial charge on any atom is -0.493 e. The molecule has 0 amide bonds. The molecular formula is C22H19FN2O3. The van der Waals surface area contributed by atoms with E-state index in [2.05, 4.69) is 0 Å². The number of furan rings is 1. The van der Waals surface area contributed by atoms with Gasteiger partial charge < -0.3 is 13.9 Å². The van der Waals surface area contributed by atoms with Crippen LogP contribution in [0.25, 0.3) is 0 Å². The van der Waals surface area contributed by atoms with Gasteiger partial charge in [0.25, 0.3) is 0 Å². The lowest BCUT2D eigenvalue weighted by Crippen LogP contribution is -2.34. The van der Waals surface area contributed by atoms with Gasteiger partial charge in [0, 0.05) is 17.5 Å². The highest BCUT2D eigenvalue weighted by Crippen LogP contribution is 2.50. The van der Waals surface area contributed by atoms with Crippen molar-refractivity contribution in [2.75, 3.05) is 7.11 Å². The molecule has 0 spiro atoms. The molecule has 0 bridgehead atoms. The van der Waals surface area contributed by atoms with E-state index in [1.807, 2.05) is 48.3 Å².